The van der Waals surface area contributed by atoms with E-state index in [4.69, 9.17) is 5.73 Å². The Bertz CT molecular complexity index is 519. The Hall–Kier alpha value is -1.75. The summed E-state index contributed by atoms with van der Waals surface area (Å²) in [6, 6.07) is 6.28. The maximum atomic E-state index is 12.2. The zero-order valence-electron chi connectivity index (χ0n) is 13.2. The number of anilines is 2. The van der Waals surface area contributed by atoms with E-state index in [0.717, 1.165) is 62.6 Å². The van der Waals surface area contributed by atoms with Crippen molar-refractivity contribution in [2.24, 2.45) is 0 Å². The lowest BCUT2D eigenvalue weighted by Gasteiger charge is -2.27. The molecule has 120 valence electrons. The van der Waals surface area contributed by atoms with Gasteiger partial charge in [-0.3, -0.25) is 4.79 Å². The molecular weight excluding hydrogens is 276 g/mol. The summed E-state index contributed by atoms with van der Waals surface area (Å²) in [6.45, 7) is 5.67. The van der Waals surface area contributed by atoms with Crippen molar-refractivity contribution in [1.82, 2.24) is 10.2 Å². The van der Waals surface area contributed by atoms with Crippen LogP contribution in [0.3, 0.4) is 0 Å². The minimum absolute atomic E-state index is 0.253. The molecule has 5 heteroatoms. The molecule has 1 amide bonds. The van der Waals surface area contributed by atoms with Gasteiger partial charge < -0.3 is 20.9 Å². The predicted octanol–water partition coefficient (Wildman–Crippen LogP) is 1.23. The molecule has 0 aliphatic carbocycles. The molecule has 0 saturated carbocycles. The third kappa shape index (κ3) is 3.53. The Labute approximate surface area is 132 Å². The summed E-state index contributed by atoms with van der Waals surface area (Å²) >= 11 is 0. The molecule has 0 bridgehead atoms. The van der Waals surface area contributed by atoms with Gasteiger partial charge in [0.2, 0.25) is 5.91 Å². The molecule has 22 heavy (non-hydrogen) atoms. The molecule has 3 N–H and O–H groups in total. The van der Waals surface area contributed by atoms with Crippen molar-refractivity contribution >= 4 is 17.3 Å². The van der Waals surface area contributed by atoms with Gasteiger partial charge in [-0.15, -0.1) is 0 Å². The van der Waals surface area contributed by atoms with E-state index in [1.165, 1.54) is 12.8 Å². The lowest BCUT2D eigenvalue weighted by Crippen LogP contribution is -2.46. The van der Waals surface area contributed by atoms with Crippen LogP contribution in [0.15, 0.2) is 18.2 Å². The van der Waals surface area contributed by atoms with E-state index in [9.17, 15) is 4.79 Å². The zero-order valence-corrected chi connectivity index (χ0v) is 13.2. The fraction of sp³-hybridized carbons (Fsp3) is 0.588. The molecule has 3 rings (SSSR count). The van der Waals surface area contributed by atoms with Crippen LogP contribution in [0.1, 0.15) is 24.8 Å². The average molecular weight is 302 g/mol. The molecule has 1 aromatic carbocycles. The monoisotopic (exact) mass is 302 g/mol. The van der Waals surface area contributed by atoms with E-state index in [1.54, 1.807) is 0 Å². The first kappa shape index (κ1) is 15.2. The van der Waals surface area contributed by atoms with Crippen molar-refractivity contribution in [2.75, 3.05) is 49.9 Å². The highest BCUT2D eigenvalue weighted by Gasteiger charge is 2.17. The number of nitrogen functional groups attached to an aromatic ring is 1. The number of rotatable bonds is 4. The van der Waals surface area contributed by atoms with Gasteiger partial charge in [0.15, 0.2) is 0 Å². The summed E-state index contributed by atoms with van der Waals surface area (Å²) in [4.78, 5) is 16.5. The largest absolute Gasteiger partial charge is 0.397 e. The molecule has 0 atom stereocenters. The standard InChI is InChI=1S/C17H26N4O/c18-15-13-14(3-5-16(15)20-9-1-2-10-20)4-6-17(22)21-11-7-19-8-12-21/h3,5,13,19H,1-2,4,6-12,18H2. The molecule has 2 aliphatic rings. The first-order valence-corrected chi connectivity index (χ1v) is 8.36. The van der Waals surface area contributed by atoms with Crippen molar-refractivity contribution in [3.05, 3.63) is 23.8 Å². The van der Waals surface area contributed by atoms with Gasteiger partial charge >= 0.3 is 0 Å². The summed E-state index contributed by atoms with van der Waals surface area (Å²) in [6.07, 6.45) is 3.84. The third-order valence-corrected chi connectivity index (χ3v) is 4.64. The molecule has 5 nitrogen and oxygen atoms in total. The number of benzene rings is 1. The van der Waals surface area contributed by atoms with E-state index in [2.05, 4.69) is 22.3 Å². The zero-order chi connectivity index (χ0) is 15.4. The number of carbonyl (C=O) groups excluding carboxylic acids is 1. The first-order chi connectivity index (χ1) is 10.7. The maximum Gasteiger partial charge on any atom is 0.222 e. The number of amides is 1. The summed E-state index contributed by atoms with van der Waals surface area (Å²) in [5, 5.41) is 3.27. The topological polar surface area (TPSA) is 61.6 Å². The average Bonchev–Trinajstić information content (AvgIpc) is 3.07. The quantitative estimate of drug-likeness (QED) is 0.821. The van der Waals surface area contributed by atoms with Gasteiger partial charge in [-0.1, -0.05) is 6.07 Å². The van der Waals surface area contributed by atoms with E-state index < -0.39 is 0 Å². The van der Waals surface area contributed by atoms with E-state index in [1.807, 2.05) is 11.0 Å². The van der Waals surface area contributed by atoms with Crippen LogP contribution in [-0.2, 0) is 11.2 Å². The van der Waals surface area contributed by atoms with Crippen LogP contribution in [0, 0.1) is 0 Å². The smallest absolute Gasteiger partial charge is 0.222 e. The second-order valence-electron chi connectivity index (χ2n) is 6.22. The lowest BCUT2D eigenvalue weighted by molar-refractivity contribution is -0.131. The Kier molecular flexibility index (Phi) is 4.83. The number of hydrogen-bond donors (Lipinski definition) is 2. The normalized spacial score (nSPS) is 18.7. The van der Waals surface area contributed by atoms with Crippen LogP contribution in [0.2, 0.25) is 0 Å². The molecular formula is C17H26N4O. The van der Waals surface area contributed by atoms with Crippen LogP contribution < -0.4 is 16.0 Å². The minimum atomic E-state index is 0.253. The van der Waals surface area contributed by atoms with Crippen molar-refractivity contribution in [1.29, 1.82) is 0 Å². The van der Waals surface area contributed by atoms with Gasteiger partial charge in [0.25, 0.3) is 0 Å². The number of nitrogens with two attached hydrogens (primary N) is 1. The molecule has 0 aromatic heterocycles. The van der Waals surface area contributed by atoms with E-state index in [0.29, 0.717) is 6.42 Å². The van der Waals surface area contributed by atoms with Crippen LogP contribution in [0.4, 0.5) is 11.4 Å². The van der Waals surface area contributed by atoms with Gasteiger partial charge in [0.05, 0.1) is 11.4 Å². The Morgan fingerprint density at radius 1 is 1.14 bits per heavy atom. The third-order valence-electron chi connectivity index (χ3n) is 4.64. The lowest BCUT2D eigenvalue weighted by atomic mass is 10.1. The van der Waals surface area contributed by atoms with Crippen LogP contribution in [0.25, 0.3) is 0 Å². The van der Waals surface area contributed by atoms with Crippen LogP contribution in [0.5, 0.6) is 0 Å². The fourth-order valence-electron chi connectivity index (χ4n) is 3.33. The Morgan fingerprint density at radius 3 is 2.55 bits per heavy atom. The minimum Gasteiger partial charge on any atom is -0.397 e. The molecule has 0 spiro atoms. The molecule has 0 radical (unpaired) electrons. The first-order valence-electron chi connectivity index (χ1n) is 8.36. The number of aryl methyl sites for hydroxylation is 1. The van der Waals surface area contributed by atoms with Gasteiger partial charge in [0, 0.05) is 45.7 Å². The van der Waals surface area contributed by atoms with Gasteiger partial charge in [-0.05, 0) is 37.0 Å². The highest BCUT2D eigenvalue weighted by molar-refractivity contribution is 5.77. The predicted molar refractivity (Wildman–Crippen MR) is 90.1 cm³/mol. The molecule has 0 unspecified atom stereocenters. The van der Waals surface area contributed by atoms with Crippen molar-refractivity contribution in [3.63, 3.8) is 0 Å². The Morgan fingerprint density at radius 2 is 1.86 bits per heavy atom. The van der Waals surface area contributed by atoms with E-state index in [-0.39, 0.29) is 5.91 Å². The van der Waals surface area contributed by atoms with Gasteiger partial charge in [0.1, 0.15) is 0 Å². The second kappa shape index (κ2) is 7.01. The number of carbonyl (C=O) groups is 1. The number of nitrogens with one attached hydrogen (secondary N) is 1. The van der Waals surface area contributed by atoms with Gasteiger partial charge in [-0.2, -0.15) is 0 Å². The SMILES string of the molecule is Nc1cc(CCC(=O)N2CCNCC2)ccc1N1CCCC1. The summed E-state index contributed by atoms with van der Waals surface area (Å²) in [5.41, 5.74) is 9.35. The molecule has 1 aromatic rings. The maximum absolute atomic E-state index is 12.2. The molecule has 2 heterocycles. The fourth-order valence-corrected chi connectivity index (χ4v) is 3.33. The van der Waals surface area contributed by atoms with E-state index >= 15 is 0 Å². The summed E-state index contributed by atoms with van der Waals surface area (Å²) in [7, 11) is 0. The highest BCUT2D eigenvalue weighted by atomic mass is 16.2. The van der Waals surface area contributed by atoms with Crippen molar-refractivity contribution in [3.8, 4) is 0 Å². The number of hydrogen-bond acceptors (Lipinski definition) is 4. The van der Waals surface area contributed by atoms with Crippen LogP contribution in [-0.4, -0.2) is 50.1 Å². The molecule has 2 saturated heterocycles. The second-order valence-corrected chi connectivity index (χ2v) is 6.22. The van der Waals surface area contributed by atoms with Gasteiger partial charge in [-0.25, -0.2) is 0 Å². The number of piperazine rings is 1. The van der Waals surface area contributed by atoms with Crippen LogP contribution >= 0.6 is 0 Å². The Balaban J connectivity index is 1.56. The molecule has 2 aliphatic heterocycles. The highest BCUT2D eigenvalue weighted by Crippen LogP contribution is 2.28. The van der Waals surface area contributed by atoms with Crippen molar-refractivity contribution < 1.29 is 4.79 Å². The summed E-state index contributed by atoms with van der Waals surface area (Å²) < 4.78 is 0. The molecule has 2 fully saturated rings. The summed E-state index contributed by atoms with van der Waals surface area (Å²) in [5.74, 6) is 0.253. The van der Waals surface area contributed by atoms with Crippen molar-refractivity contribution in [2.45, 2.75) is 25.7 Å². The number of nitrogens with zero attached hydrogens (tertiary/aromatic N) is 2.